The van der Waals surface area contributed by atoms with E-state index in [9.17, 15) is 4.79 Å². The average molecular weight is 288 g/mol. The van der Waals surface area contributed by atoms with Crippen LogP contribution in [-0.2, 0) is 6.42 Å². The van der Waals surface area contributed by atoms with Crippen LogP contribution in [0.15, 0.2) is 66.9 Å². The van der Waals surface area contributed by atoms with E-state index in [1.54, 1.807) is 6.20 Å². The molecule has 1 aliphatic rings. The van der Waals surface area contributed by atoms with Crippen LogP contribution in [0.2, 0.25) is 0 Å². The molecule has 1 unspecified atom stereocenters. The van der Waals surface area contributed by atoms with Gasteiger partial charge in [-0.3, -0.25) is 4.79 Å². The van der Waals surface area contributed by atoms with E-state index in [2.05, 4.69) is 17.2 Å². The first-order valence-electron chi connectivity index (χ1n) is 7.53. The molecular formula is C19H16N2O. The zero-order valence-corrected chi connectivity index (χ0v) is 12.1. The van der Waals surface area contributed by atoms with Crippen LogP contribution in [0, 0.1) is 0 Å². The first-order chi connectivity index (χ1) is 10.8. The summed E-state index contributed by atoms with van der Waals surface area (Å²) in [5.74, 6) is 0.428. The molecule has 3 aromatic rings. The number of para-hydroxylation sites is 1. The fourth-order valence-electron chi connectivity index (χ4n) is 3.20. The molecule has 0 spiro atoms. The number of Topliss-reactive ketones (excluding diaryl/α,β-unsaturated/α-hetero) is 1. The van der Waals surface area contributed by atoms with Crippen molar-refractivity contribution in [1.29, 1.82) is 0 Å². The van der Waals surface area contributed by atoms with Crippen LogP contribution in [0.4, 0.5) is 0 Å². The quantitative estimate of drug-likeness (QED) is 0.719. The van der Waals surface area contributed by atoms with E-state index in [-0.39, 0.29) is 11.7 Å². The molecule has 0 saturated carbocycles. The summed E-state index contributed by atoms with van der Waals surface area (Å²) in [4.78, 5) is 12.5. The molecule has 2 aromatic carbocycles. The number of nitrogens with zero attached hydrogens (tertiary/aromatic N) is 2. The van der Waals surface area contributed by atoms with Crippen LogP contribution in [0.25, 0.3) is 5.69 Å². The summed E-state index contributed by atoms with van der Waals surface area (Å²) in [6, 6.07) is 20.3. The van der Waals surface area contributed by atoms with Crippen molar-refractivity contribution >= 4 is 5.78 Å². The smallest absolute Gasteiger partial charge is 0.166 e. The first kappa shape index (κ1) is 13.0. The molecule has 108 valence electrons. The van der Waals surface area contributed by atoms with Gasteiger partial charge in [-0.25, -0.2) is 4.68 Å². The third-order valence-corrected chi connectivity index (χ3v) is 4.31. The molecule has 0 bridgehead atoms. The molecule has 22 heavy (non-hydrogen) atoms. The van der Waals surface area contributed by atoms with Gasteiger partial charge in [-0.05, 0) is 30.0 Å². The number of benzene rings is 2. The maximum atomic E-state index is 12.5. The highest BCUT2D eigenvalue weighted by atomic mass is 16.1. The van der Waals surface area contributed by atoms with E-state index < -0.39 is 0 Å². The monoisotopic (exact) mass is 288 g/mol. The second-order valence-corrected chi connectivity index (χ2v) is 5.69. The number of fused-ring (bicyclic) bond motifs is 1. The fraction of sp³-hybridized carbons (Fsp3) is 0.158. The van der Waals surface area contributed by atoms with Crippen LogP contribution < -0.4 is 0 Å². The highest BCUT2D eigenvalue weighted by Crippen LogP contribution is 2.33. The third kappa shape index (κ3) is 2.15. The fourth-order valence-corrected chi connectivity index (χ4v) is 3.20. The van der Waals surface area contributed by atoms with E-state index in [0.29, 0.717) is 6.42 Å². The SMILES string of the molecule is O=C1CC(c2ccccc2)Cc2c1cnn2-c1ccccc1. The van der Waals surface area contributed by atoms with Gasteiger partial charge in [0.2, 0.25) is 0 Å². The first-order valence-corrected chi connectivity index (χ1v) is 7.53. The van der Waals surface area contributed by atoms with Crippen LogP contribution in [0.1, 0.15) is 34.0 Å². The standard InChI is InChI=1S/C19H16N2O/c22-19-12-15(14-7-3-1-4-8-14)11-18-17(19)13-20-21(18)16-9-5-2-6-10-16/h1-10,13,15H,11-12H2. The van der Waals surface area contributed by atoms with Gasteiger partial charge in [0.05, 0.1) is 23.1 Å². The summed E-state index contributed by atoms with van der Waals surface area (Å²) in [7, 11) is 0. The molecule has 0 radical (unpaired) electrons. The van der Waals surface area contributed by atoms with Gasteiger partial charge in [0.15, 0.2) is 5.78 Å². The van der Waals surface area contributed by atoms with Crippen LogP contribution in [0.5, 0.6) is 0 Å². The van der Waals surface area contributed by atoms with Crippen molar-refractivity contribution in [2.24, 2.45) is 0 Å². The zero-order chi connectivity index (χ0) is 14.9. The van der Waals surface area contributed by atoms with Crippen molar-refractivity contribution in [2.45, 2.75) is 18.8 Å². The van der Waals surface area contributed by atoms with Crippen molar-refractivity contribution in [3.63, 3.8) is 0 Å². The van der Waals surface area contributed by atoms with Gasteiger partial charge in [-0.15, -0.1) is 0 Å². The largest absolute Gasteiger partial charge is 0.294 e. The van der Waals surface area contributed by atoms with Crippen LogP contribution in [0.3, 0.4) is 0 Å². The maximum Gasteiger partial charge on any atom is 0.166 e. The lowest BCUT2D eigenvalue weighted by Gasteiger charge is -2.22. The maximum absolute atomic E-state index is 12.5. The number of carbonyl (C=O) groups excluding carboxylic acids is 1. The van der Waals surface area contributed by atoms with Crippen molar-refractivity contribution in [3.05, 3.63) is 83.7 Å². The summed E-state index contributed by atoms with van der Waals surface area (Å²) in [5.41, 5.74) is 4.03. The Labute approximate surface area is 129 Å². The molecule has 1 aliphatic carbocycles. The van der Waals surface area contributed by atoms with E-state index >= 15 is 0 Å². The van der Waals surface area contributed by atoms with Gasteiger partial charge in [0.1, 0.15) is 0 Å². The molecular weight excluding hydrogens is 272 g/mol. The summed E-state index contributed by atoms with van der Waals surface area (Å²) >= 11 is 0. The predicted molar refractivity (Wildman–Crippen MR) is 85.4 cm³/mol. The molecule has 3 heteroatoms. The Morgan fingerprint density at radius 1 is 0.909 bits per heavy atom. The highest BCUT2D eigenvalue weighted by molar-refractivity contribution is 5.98. The van der Waals surface area contributed by atoms with Gasteiger partial charge in [-0.1, -0.05) is 48.5 Å². The Morgan fingerprint density at radius 3 is 2.32 bits per heavy atom. The van der Waals surface area contributed by atoms with Crippen LogP contribution in [-0.4, -0.2) is 15.6 Å². The Hall–Kier alpha value is -2.68. The van der Waals surface area contributed by atoms with E-state index in [0.717, 1.165) is 23.4 Å². The van der Waals surface area contributed by atoms with E-state index in [1.807, 2.05) is 53.2 Å². The summed E-state index contributed by atoms with van der Waals surface area (Å²) in [6.45, 7) is 0. The average Bonchev–Trinajstić information content (AvgIpc) is 3.01. The predicted octanol–water partition coefficient (Wildman–Crippen LogP) is 3.79. The summed E-state index contributed by atoms with van der Waals surface area (Å²) in [6.07, 6.45) is 3.13. The van der Waals surface area contributed by atoms with Crippen LogP contribution >= 0.6 is 0 Å². The molecule has 1 aromatic heterocycles. The zero-order valence-electron chi connectivity index (χ0n) is 12.1. The van der Waals surface area contributed by atoms with Crippen molar-refractivity contribution < 1.29 is 4.79 Å². The lowest BCUT2D eigenvalue weighted by molar-refractivity contribution is 0.0964. The summed E-state index contributed by atoms with van der Waals surface area (Å²) in [5, 5.41) is 4.44. The lowest BCUT2D eigenvalue weighted by atomic mass is 9.82. The lowest BCUT2D eigenvalue weighted by Crippen LogP contribution is -2.20. The Kier molecular flexibility index (Phi) is 3.11. The molecule has 4 rings (SSSR count). The molecule has 3 nitrogen and oxygen atoms in total. The number of hydrogen-bond acceptors (Lipinski definition) is 2. The third-order valence-electron chi connectivity index (χ3n) is 4.31. The van der Waals surface area contributed by atoms with Gasteiger partial charge < -0.3 is 0 Å². The molecule has 0 fully saturated rings. The van der Waals surface area contributed by atoms with Gasteiger partial charge in [-0.2, -0.15) is 5.10 Å². The van der Waals surface area contributed by atoms with Crippen molar-refractivity contribution in [3.8, 4) is 5.69 Å². The number of rotatable bonds is 2. The second kappa shape index (κ2) is 5.26. The topological polar surface area (TPSA) is 34.9 Å². The molecule has 1 atom stereocenters. The summed E-state index contributed by atoms with van der Waals surface area (Å²) < 4.78 is 1.91. The minimum Gasteiger partial charge on any atom is -0.294 e. The minimum atomic E-state index is 0.192. The van der Waals surface area contributed by atoms with Crippen molar-refractivity contribution in [1.82, 2.24) is 9.78 Å². The normalized spacial score (nSPS) is 17.3. The number of hydrogen-bond donors (Lipinski definition) is 0. The van der Waals surface area contributed by atoms with E-state index in [4.69, 9.17) is 0 Å². The van der Waals surface area contributed by atoms with Crippen molar-refractivity contribution in [2.75, 3.05) is 0 Å². The Bertz CT molecular complexity index is 806. The molecule has 0 N–H and O–H groups in total. The Morgan fingerprint density at radius 2 is 1.59 bits per heavy atom. The van der Waals surface area contributed by atoms with Gasteiger partial charge in [0.25, 0.3) is 0 Å². The molecule has 0 amide bonds. The molecule has 0 aliphatic heterocycles. The molecule has 1 heterocycles. The molecule has 0 saturated heterocycles. The second-order valence-electron chi connectivity index (χ2n) is 5.69. The Balaban J connectivity index is 1.76. The van der Waals surface area contributed by atoms with Gasteiger partial charge in [0, 0.05) is 6.42 Å². The number of ketones is 1. The number of aromatic nitrogens is 2. The van der Waals surface area contributed by atoms with E-state index in [1.165, 1.54) is 5.56 Å². The highest BCUT2D eigenvalue weighted by Gasteiger charge is 2.29. The van der Waals surface area contributed by atoms with Gasteiger partial charge >= 0.3 is 0 Å². The number of carbonyl (C=O) groups is 1. The minimum absolute atomic E-state index is 0.192.